The van der Waals surface area contributed by atoms with Crippen molar-refractivity contribution in [2.75, 3.05) is 39.9 Å². The van der Waals surface area contributed by atoms with Crippen molar-refractivity contribution in [3.63, 3.8) is 0 Å². The van der Waals surface area contributed by atoms with Crippen molar-refractivity contribution in [3.8, 4) is 0 Å². The van der Waals surface area contributed by atoms with E-state index >= 15 is 0 Å². The molecule has 0 aliphatic carbocycles. The molecule has 0 saturated carbocycles. The highest BCUT2D eigenvalue weighted by Gasteiger charge is 2.29. The Morgan fingerprint density at radius 1 is 1.07 bits per heavy atom. The number of aromatic nitrogens is 2. The second kappa shape index (κ2) is 8.16. The SMILES string of the molecule is O=C(Nc1ccc(N2CCCS2(=O)=O)cc1)[C@@H]1CCCN(c2ccc(Cl)nn2)C1. The van der Waals surface area contributed by atoms with Crippen LogP contribution < -0.4 is 14.5 Å². The molecule has 3 heterocycles. The molecule has 0 spiro atoms. The van der Waals surface area contributed by atoms with Gasteiger partial charge < -0.3 is 10.2 Å². The molecule has 1 atom stereocenters. The summed E-state index contributed by atoms with van der Waals surface area (Å²) in [5.74, 6) is 0.669. The van der Waals surface area contributed by atoms with E-state index in [9.17, 15) is 13.2 Å². The summed E-state index contributed by atoms with van der Waals surface area (Å²) in [6.07, 6.45) is 2.32. The van der Waals surface area contributed by atoms with Gasteiger partial charge in [0.2, 0.25) is 15.9 Å². The molecular weight excluding hydrogens is 414 g/mol. The first-order valence-electron chi connectivity index (χ1n) is 9.58. The van der Waals surface area contributed by atoms with E-state index in [-0.39, 0.29) is 17.6 Å². The summed E-state index contributed by atoms with van der Waals surface area (Å²) in [4.78, 5) is 14.8. The Balaban J connectivity index is 1.39. The summed E-state index contributed by atoms with van der Waals surface area (Å²) < 4.78 is 25.5. The third-order valence-corrected chi connectivity index (χ3v) is 7.33. The fourth-order valence-corrected chi connectivity index (χ4v) is 5.43. The fraction of sp³-hybridized carbons (Fsp3) is 0.421. The Labute approximate surface area is 174 Å². The number of amides is 1. The smallest absolute Gasteiger partial charge is 0.235 e. The fourth-order valence-electron chi connectivity index (χ4n) is 3.76. The lowest BCUT2D eigenvalue weighted by atomic mass is 9.97. The minimum Gasteiger partial charge on any atom is -0.354 e. The molecule has 2 aliphatic heterocycles. The van der Waals surface area contributed by atoms with Crippen molar-refractivity contribution in [2.24, 2.45) is 5.92 Å². The number of benzene rings is 1. The molecule has 8 nitrogen and oxygen atoms in total. The van der Waals surface area contributed by atoms with Gasteiger partial charge in [-0.3, -0.25) is 9.10 Å². The molecule has 29 heavy (non-hydrogen) atoms. The predicted molar refractivity (Wildman–Crippen MR) is 113 cm³/mol. The Morgan fingerprint density at radius 3 is 2.52 bits per heavy atom. The number of rotatable bonds is 4. The Hall–Kier alpha value is -2.39. The quantitative estimate of drug-likeness (QED) is 0.792. The minimum absolute atomic E-state index is 0.0573. The number of sulfonamides is 1. The van der Waals surface area contributed by atoms with Crippen LogP contribution >= 0.6 is 11.6 Å². The number of hydrogen-bond donors (Lipinski definition) is 1. The topological polar surface area (TPSA) is 95.5 Å². The van der Waals surface area contributed by atoms with E-state index in [1.165, 1.54) is 4.31 Å². The van der Waals surface area contributed by atoms with Gasteiger partial charge in [0.05, 0.1) is 17.4 Å². The molecule has 2 fully saturated rings. The van der Waals surface area contributed by atoms with Crippen molar-refractivity contribution in [1.29, 1.82) is 0 Å². The van der Waals surface area contributed by atoms with Crippen LogP contribution in [0.5, 0.6) is 0 Å². The molecule has 0 radical (unpaired) electrons. The summed E-state index contributed by atoms with van der Waals surface area (Å²) in [5, 5.41) is 11.2. The van der Waals surface area contributed by atoms with Crippen molar-refractivity contribution >= 4 is 44.7 Å². The van der Waals surface area contributed by atoms with Gasteiger partial charge in [-0.05, 0) is 55.7 Å². The highest BCUT2D eigenvalue weighted by molar-refractivity contribution is 7.93. The van der Waals surface area contributed by atoms with E-state index in [1.54, 1.807) is 36.4 Å². The maximum absolute atomic E-state index is 12.7. The third kappa shape index (κ3) is 4.45. The molecule has 2 aliphatic rings. The van der Waals surface area contributed by atoms with Crippen LogP contribution in [0.4, 0.5) is 17.2 Å². The summed E-state index contributed by atoms with van der Waals surface area (Å²) in [6.45, 7) is 1.88. The van der Waals surface area contributed by atoms with E-state index in [4.69, 9.17) is 11.6 Å². The lowest BCUT2D eigenvalue weighted by molar-refractivity contribution is -0.120. The van der Waals surface area contributed by atoms with Gasteiger partial charge in [0.25, 0.3) is 0 Å². The summed E-state index contributed by atoms with van der Waals surface area (Å²) in [5.41, 5.74) is 1.28. The Bertz CT molecular complexity index is 982. The molecule has 0 bridgehead atoms. The molecule has 4 rings (SSSR count). The summed E-state index contributed by atoms with van der Waals surface area (Å²) in [6, 6.07) is 10.4. The Morgan fingerprint density at radius 2 is 1.86 bits per heavy atom. The Kier molecular flexibility index (Phi) is 5.60. The van der Waals surface area contributed by atoms with Crippen LogP contribution in [-0.4, -0.2) is 49.9 Å². The van der Waals surface area contributed by atoms with Gasteiger partial charge >= 0.3 is 0 Å². The van der Waals surface area contributed by atoms with Gasteiger partial charge in [0, 0.05) is 25.3 Å². The molecular formula is C19H22ClN5O3S. The largest absolute Gasteiger partial charge is 0.354 e. The van der Waals surface area contributed by atoms with Gasteiger partial charge in [0.1, 0.15) is 0 Å². The number of nitrogens with zero attached hydrogens (tertiary/aromatic N) is 4. The predicted octanol–water partition coefficient (Wildman–Crippen LogP) is 2.53. The number of piperidine rings is 1. The van der Waals surface area contributed by atoms with Crippen LogP contribution in [0.15, 0.2) is 36.4 Å². The maximum Gasteiger partial charge on any atom is 0.235 e. The summed E-state index contributed by atoms with van der Waals surface area (Å²) >= 11 is 5.80. The molecule has 10 heteroatoms. The monoisotopic (exact) mass is 435 g/mol. The second-order valence-electron chi connectivity index (χ2n) is 7.28. The van der Waals surface area contributed by atoms with Gasteiger partial charge in [-0.1, -0.05) is 11.6 Å². The van der Waals surface area contributed by atoms with Gasteiger partial charge in [-0.25, -0.2) is 8.42 Å². The van der Waals surface area contributed by atoms with Crippen LogP contribution in [0.2, 0.25) is 5.15 Å². The highest BCUT2D eigenvalue weighted by Crippen LogP contribution is 2.26. The number of halogens is 1. The van der Waals surface area contributed by atoms with Crippen LogP contribution in [0.25, 0.3) is 0 Å². The number of carbonyl (C=O) groups is 1. The van der Waals surface area contributed by atoms with Gasteiger partial charge in [-0.15, -0.1) is 10.2 Å². The van der Waals surface area contributed by atoms with Crippen LogP contribution in [0, 0.1) is 5.92 Å². The number of carbonyl (C=O) groups excluding carboxylic acids is 1. The lowest BCUT2D eigenvalue weighted by Gasteiger charge is -2.32. The molecule has 1 amide bonds. The first kappa shape index (κ1) is 19.9. The number of nitrogens with one attached hydrogen (secondary N) is 1. The maximum atomic E-state index is 12.7. The highest BCUT2D eigenvalue weighted by atomic mass is 35.5. The minimum atomic E-state index is -3.21. The van der Waals surface area contributed by atoms with E-state index in [0.29, 0.717) is 41.9 Å². The number of hydrogen-bond acceptors (Lipinski definition) is 6. The van der Waals surface area contributed by atoms with Gasteiger partial charge in [0.15, 0.2) is 11.0 Å². The molecule has 1 aromatic carbocycles. The first-order chi connectivity index (χ1) is 13.9. The van der Waals surface area contributed by atoms with E-state index < -0.39 is 10.0 Å². The zero-order valence-electron chi connectivity index (χ0n) is 15.8. The zero-order valence-corrected chi connectivity index (χ0v) is 17.4. The summed E-state index contributed by atoms with van der Waals surface area (Å²) in [7, 11) is -3.21. The standard InChI is InChI=1S/C19H22ClN5O3S/c20-17-8-9-18(23-22-17)24-10-1-3-14(13-24)19(26)21-15-4-6-16(7-5-15)25-11-2-12-29(25,27)28/h4-9,14H,1-3,10-13H2,(H,21,26)/t14-/m1/s1. The van der Waals surface area contributed by atoms with Crippen molar-refractivity contribution in [1.82, 2.24) is 10.2 Å². The van der Waals surface area contributed by atoms with Crippen LogP contribution in [0.3, 0.4) is 0 Å². The van der Waals surface area contributed by atoms with Crippen LogP contribution in [-0.2, 0) is 14.8 Å². The molecule has 2 aromatic rings. The molecule has 154 valence electrons. The van der Waals surface area contributed by atoms with Gasteiger partial charge in [-0.2, -0.15) is 0 Å². The molecule has 1 N–H and O–H groups in total. The van der Waals surface area contributed by atoms with E-state index in [1.807, 2.05) is 4.90 Å². The third-order valence-electron chi connectivity index (χ3n) is 5.26. The average Bonchev–Trinajstić information content (AvgIpc) is 3.08. The van der Waals surface area contributed by atoms with Crippen molar-refractivity contribution in [2.45, 2.75) is 19.3 Å². The normalized spacial score (nSPS) is 21.2. The molecule has 1 aromatic heterocycles. The second-order valence-corrected chi connectivity index (χ2v) is 9.68. The van der Waals surface area contributed by atoms with Crippen molar-refractivity contribution < 1.29 is 13.2 Å². The van der Waals surface area contributed by atoms with E-state index in [2.05, 4.69) is 15.5 Å². The number of anilines is 3. The molecule has 0 unspecified atom stereocenters. The van der Waals surface area contributed by atoms with Crippen LogP contribution in [0.1, 0.15) is 19.3 Å². The zero-order chi connectivity index (χ0) is 20.4. The van der Waals surface area contributed by atoms with Crippen molar-refractivity contribution in [3.05, 3.63) is 41.6 Å². The lowest BCUT2D eigenvalue weighted by Crippen LogP contribution is -2.41. The van der Waals surface area contributed by atoms with E-state index in [0.717, 1.165) is 19.4 Å². The average molecular weight is 436 g/mol. The molecule has 2 saturated heterocycles. The first-order valence-corrected chi connectivity index (χ1v) is 11.6.